The van der Waals surface area contributed by atoms with Gasteiger partial charge in [0.2, 0.25) is 0 Å². The lowest BCUT2D eigenvalue weighted by atomic mass is 10.1. The highest BCUT2D eigenvalue weighted by Crippen LogP contribution is 2.40. The third-order valence-electron chi connectivity index (χ3n) is 4.16. The lowest BCUT2D eigenvalue weighted by Crippen LogP contribution is -2.14. The van der Waals surface area contributed by atoms with Crippen LogP contribution in [0.3, 0.4) is 0 Å². The van der Waals surface area contributed by atoms with Gasteiger partial charge in [0.1, 0.15) is 5.75 Å². The van der Waals surface area contributed by atoms with Crippen LogP contribution in [0.4, 0.5) is 5.69 Å². The van der Waals surface area contributed by atoms with E-state index in [1.165, 1.54) is 0 Å². The van der Waals surface area contributed by atoms with Crippen LogP contribution in [0.1, 0.15) is 18.9 Å². The highest BCUT2D eigenvalue weighted by molar-refractivity contribution is 7.07. The third kappa shape index (κ3) is 3.47. The van der Waals surface area contributed by atoms with Crippen molar-refractivity contribution in [3.05, 3.63) is 62.7 Å². The lowest BCUT2D eigenvalue weighted by Gasteiger charge is -2.09. The van der Waals surface area contributed by atoms with E-state index in [1.54, 1.807) is 18.4 Å². The number of thiazole rings is 1. The summed E-state index contributed by atoms with van der Waals surface area (Å²) >= 11 is 14.2. The Labute approximate surface area is 160 Å². The fourth-order valence-electron chi connectivity index (χ4n) is 2.75. The van der Waals surface area contributed by atoms with E-state index < -0.39 is 0 Å². The second-order valence-electron chi connectivity index (χ2n) is 5.94. The van der Waals surface area contributed by atoms with Gasteiger partial charge in [-0.3, -0.25) is 0 Å². The van der Waals surface area contributed by atoms with Crippen molar-refractivity contribution in [1.82, 2.24) is 4.57 Å². The second-order valence-corrected chi connectivity index (χ2v) is 7.62. The van der Waals surface area contributed by atoms with Gasteiger partial charge in [-0.1, -0.05) is 23.2 Å². The minimum atomic E-state index is 0.480. The average molecular weight is 391 g/mol. The molecular formula is C19H16Cl2N2OS. The Morgan fingerprint density at radius 1 is 1.12 bits per heavy atom. The molecule has 1 fully saturated rings. The predicted molar refractivity (Wildman–Crippen MR) is 104 cm³/mol. The van der Waals surface area contributed by atoms with Crippen molar-refractivity contribution in [2.45, 2.75) is 18.9 Å². The molecule has 1 aromatic heterocycles. The largest absolute Gasteiger partial charge is 0.497 e. The van der Waals surface area contributed by atoms with Crippen molar-refractivity contribution < 1.29 is 4.74 Å². The van der Waals surface area contributed by atoms with Crippen molar-refractivity contribution in [2.24, 2.45) is 4.99 Å². The van der Waals surface area contributed by atoms with E-state index in [9.17, 15) is 0 Å². The van der Waals surface area contributed by atoms with Crippen molar-refractivity contribution >= 4 is 40.2 Å². The normalized spacial score (nSPS) is 14.8. The summed E-state index contributed by atoms with van der Waals surface area (Å²) in [6.45, 7) is 0. The Hall–Kier alpha value is -1.75. The van der Waals surface area contributed by atoms with Gasteiger partial charge in [0.15, 0.2) is 4.80 Å². The molecule has 0 unspecified atom stereocenters. The van der Waals surface area contributed by atoms with Crippen LogP contribution in [0.25, 0.3) is 11.3 Å². The highest BCUT2D eigenvalue weighted by atomic mass is 35.5. The SMILES string of the molecule is COc1ccc(N=c2scc(-c3cc(Cl)ccc3Cl)n2C2CC2)cc1. The molecule has 0 atom stereocenters. The summed E-state index contributed by atoms with van der Waals surface area (Å²) in [5, 5.41) is 3.49. The van der Waals surface area contributed by atoms with Crippen LogP contribution in [0, 0.1) is 0 Å². The van der Waals surface area contributed by atoms with Gasteiger partial charge in [-0.2, -0.15) is 0 Å². The van der Waals surface area contributed by atoms with Crippen LogP contribution < -0.4 is 9.54 Å². The minimum absolute atomic E-state index is 0.480. The van der Waals surface area contributed by atoms with Crippen LogP contribution in [0.2, 0.25) is 10.0 Å². The summed E-state index contributed by atoms with van der Waals surface area (Å²) in [5.41, 5.74) is 2.93. The number of benzene rings is 2. The van der Waals surface area contributed by atoms with E-state index >= 15 is 0 Å². The molecule has 1 heterocycles. The molecular weight excluding hydrogens is 375 g/mol. The Kier molecular flexibility index (Phi) is 4.59. The van der Waals surface area contributed by atoms with Gasteiger partial charge >= 0.3 is 0 Å². The summed E-state index contributed by atoms with van der Waals surface area (Å²) in [5.74, 6) is 0.826. The van der Waals surface area contributed by atoms with Gasteiger partial charge in [-0.15, -0.1) is 11.3 Å². The molecule has 128 valence electrons. The van der Waals surface area contributed by atoms with Gasteiger partial charge in [0.25, 0.3) is 0 Å². The Morgan fingerprint density at radius 2 is 1.88 bits per heavy atom. The second kappa shape index (κ2) is 6.87. The zero-order chi connectivity index (χ0) is 17.4. The first kappa shape index (κ1) is 16.7. The van der Waals surface area contributed by atoms with Crippen LogP contribution in [0.5, 0.6) is 5.75 Å². The number of rotatable bonds is 4. The van der Waals surface area contributed by atoms with E-state index in [0.717, 1.165) is 40.3 Å². The fraction of sp³-hybridized carbons (Fsp3) is 0.211. The Balaban J connectivity index is 1.83. The summed E-state index contributed by atoms with van der Waals surface area (Å²) in [6, 6.07) is 13.8. The number of hydrogen-bond acceptors (Lipinski definition) is 3. The molecule has 2 aromatic carbocycles. The summed E-state index contributed by atoms with van der Waals surface area (Å²) < 4.78 is 7.49. The molecule has 0 spiro atoms. The molecule has 25 heavy (non-hydrogen) atoms. The molecule has 1 saturated carbocycles. The number of hydrogen-bond donors (Lipinski definition) is 0. The van der Waals surface area contributed by atoms with Crippen LogP contribution in [0.15, 0.2) is 52.8 Å². The fourth-order valence-corrected chi connectivity index (χ4v) is 4.11. The zero-order valence-corrected chi connectivity index (χ0v) is 15.9. The monoisotopic (exact) mass is 390 g/mol. The van der Waals surface area contributed by atoms with E-state index in [0.29, 0.717) is 16.1 Å². The van der Waals surface area contributed by atoms with E-state index in [-0.39, 0.29) is 0 Å². The number of aromatic nitrogens is 1. The van der Waals surface area contributed by atoms with E-state index in [2.05, 4.69) is 9.95 Å². The Bertz CT molecular complexity index is 972. The first-order valence-electron chi connectivity index (χ1n) is 8.00. The molecule has 0 saturated heterocycles. The molecule has 3 nitrogen and oxygen atoms in total. The first-order chi connectivity index (χ1) is 12.2. The van der Waals surface area contributed by atoms with Gasteiger partial charge in [-0.05, 0) is 55.3 Å². The predicted octanol–water partition coefficient (Wildman–Crippen LogP) is 6.10. The van der Waals surface area contributed by atoms with Crippen LogP contribution in [-0.4, -0.2) is 11.7 Å². The molecule has 0 bridgehead atoms. The van der Waals surface area contributed by atoms with Crippen molar-refractivity contribution in [3.8, 4) is 17.0 Å². The number of methoxy groups -OCH3 is 1. The van der Waals surface area contributed by atoms with Crippen molar-refractivity contribution in [3.63, 3.8) is 0 Å². The molecule has 0 N–H and O–H groups in total. The Morgan fingerprint density at radius 3 is 2.56 bits per heavy atom. The molecule has 6 heteroatoms. The summed E-state index contributed by atoms with van der Waals surface area (Å²) in [4.78, 5) is 5.80. The van der Waals surface area contributed by atoms with Crippen molar-refractivity contribution in [1.29, 1.82) is 0 Å². The van der Waals surface area contributed by atoms with Crippen LogP contribution in [-0.2, 0) is 0 Å². The third-order valence-corrected chi connectivity index (χ3v) is 5.56. The standard InChI is InChI=1S/C19H16Cl2N2OS/c1-24-15-7-3-13(4-8-15)22-19-23(14-5-6-14)18(11-25-19)16-10-12(20)2-9-17(16)21/h2-4,7-11,14H,5-6H2,1H3. The van der Waals surface area contributed by atoms with Gasteiger partial charge in [0.05, 0.1) is 23.5 Å². The van der Waals surface area contributed by atoms with Gasteiger partial charge in [-0.25, -0.2) is 4.99 Å². The van der Waals surface area contributed by atoms with E-state index in [1.807, 2.05) is 42.5 Å². The van der Waals surface area contributed by atoms with Gasteiger partial charge in [0, 0.05) is 22.0 Å². The molecule has 0 aliphatic heterocycles. The maximum absolute atomic E-state index is 6.42. The maximum Gasteiger partial charge on any atom is 0.190 e. The molecule has 0 amide bonds. The number of ether oxygens (including phenoxy) is 1. The summed E-state index contributed by atoms with van der Waals surface area (Å²) in [6.07, 6.45) is 2.33. The molecule has 1 aliphatic carbocycles. The first-order valence-corrected chi connectivity index (χ1v) is 9.63. The minimum Gasteiger partial charge on any atom is -0.497 e. The number of nitrogens with zero attached hydrogens (tertiary/aromatic N) is 2. The molecule has 0 radical (unpaired) electrons. The van der Waals surface area contributed by atoms with Crippen molar-refractivity contribution in [2.75, 3.05) is 7.11 Å². The quantitative estimate of drug-likeness (QED) is 0.528. The smallest absolute Gasteiger partial charge is 0.190 e. The topological polar surface area (TPSA) is 26.5 Å². The lowest BCUT2D eigenvalue weighted by molar-refractivity contribution is 0.415. The average Bonchev–Trinajstić information content (AvgIpc) is 3.38. The highest BCUT2D eigenvalue weighted by Gasteiger charge is 2.28. The summed E-state index contributed by atoms with van der Waals surface area (Å²) in [7, 11) is 1.66. The number of halogens is 2. The van der Waals surface area contributed by atoms with E-state index in [4.69, 9.17) is 32.9 Å². The zero-order valence-electron chi connectivity index (χ0n) is 13.6. The van der Waals surface area contributed by atoms with Crippen LogP contribution >= 0.6 is 34.5 Å². The molecule has 1 aliphatic rings. The molecule has 3 aromatic rings. The molecule has 4 rings (SSSR count). The van der Waals surface area contributed by atoms with Gasteiger partial charge < -0.3 is 9.30 Å². The maximum atomic E-state index is 6.42.